The summed E-state index contributed by atoms with van der Waals surface area (Å²) in [4.78, 5) is 22.0. The van der Waals surface area contributed by atoms with Gasteiger partial charge in [-0.25, -0.2) is 9.59 Å². The molecule has 0 unspecified atom stereocenters. The van der Waals surface area contributed by atoms with Gasteiger partial charge in [-0.2, -0.15) is 0 Å². The van der Waals surface area contributed by atoms with E-state index in [9.17, 15) is 9.59 Å². The van der Waals surface area contributed by atoms with Crippen LogP contribution in [0.2, 0.25) is 0 Å². The third-order valence-corrected chi connectivity index (χ3v) is 5.18. The summed E-state index contributed by atoms with van der Waals surface area (Å²) in [6.07, 6.45) is 10.4. The third kappa shape index (κ3) is 8.28. The average molecular weight is 390 g/mol. The van der Waals surface area contributed by atoms with Crippen LogP contribution >= 0.6 is 0 Å². The number of carbonyl (C=O) groups excluding carboxylic acids is 2. The van der Waals surface area contributed by atoms with Crippen molar-refractivity contribution in [2.45, 2.75) is 63.6 Å². The van der Waals surface area contributed by atoms with Crippen LogP contribution in [0.3, 0.4) is 0 Å². The highest BCUT2D eigenvalue weighted by Crippen LogP contribution is 2.28. The fourth-order valence-corrected chi connectivity index (χ4v) is 3.48. The van der Waals surface area contributed by atoms with Crippen LogP contribution in [0, 0.1) is 23.7 Å². The van der Waals surface area contributed by atoms with Crippen LogP contribution in [-0.4, -0.2) is 37.7 Å². The highest BCUT2D eigenvalue weighted by molar-refractivity contribution is 5.81. The van der Waals surface area contributed by atoms with E-state index in [1.54, 1.807) is 0 Å². The zero-order valence-electron chi connectivity index (χ0n) is 16.4. The number of carbonyl (C=O) groups is 2. The van der Waals surface area contributed by atoms with Crippen molar-refractivity contribution in [3.8, 4) is 11.8 Å². The molecule has 0 atom stereocenters. The molecule has 0 spiro atoms. The maximum atomic E-state index is 11.0. The molecular weight excluding hydrogens is 360 g/mol. The summed E-state index contributed by atoms with van der Waals surface area (Å²) in [6.45, 7) is 6.68. The Kier molecular flexibility index (Phi) is 9.81. The molecule has 0 aromatic carbocycles. The summed E-state index contributed by atoms with van der Waals surface area (Å²) >= 11 is 0. The fraction of sp³-hybridized carbons (Fsp3) is 0.636. The lowest BCUT2D eigenvalue weighted by atomic mass is 9.85. The number of rotatable bonds is 8. The molecule has 2 aliphatic carbocycles. The first-order valence-electron chi connectivity index (χ1n) is 9.93. The first-order chi connectivity index (χ1) is 13.6. The molecule has 2 aliphatic rings. The van der Waals surface area contributed by atoms with Gasteiger partial charge in [0, 0.05) is 24.0 Å². The topological polar surface area (TPSA) is 71.1 Å². The van der Waals surface area contributed by atoms with Crippen molar-refractivity contribution in [3.63, 3.8) is 0 Å². The molecule has 0 radical (unpaired) electrons. The van der Waals surface area contributed by atoms with E-state index in [0.29, 0.717) is 11.8 Å². The van der Waals surface area contributed by atoms with E-state index in [4.69, 9.17) is 18.9 Å². The molecule has 6 heteroatoms. The predicted molar refractivity (Wildman–Crippen MR) is 104 cm³/mol. The van der Waals surface area contributed by atoms with Crippen molar-refractivity contribution in [1.29, 1.82) is 0 Å². The van der Waals surface area contributed by atoms with Crippen molar-refractivity contribution in [3.05, 3.63) is 25.3 Å². The van der Waals surface area contributed by atoms with Crippen LogP contribution in [0.4, 0.5) is 0 Å². The average Bonchev–Trinajstić information content (AvgIpc) is 2.73. The summed E-state index contributed by atoms with van der Waals surface area (Å²) in [7, 11) is 0. The number of hydrogen-bond donors (Lipinski definition) is 0. The summed E-state index contributed by atoms with van der Waals surface area (Å²) < 4.78 is 20.9. The number of ether oxygens (including phenoxy) is 4. The maximum Gasteiger partial charge on any atom is 0.332 e. The van der Waals surface area contributed by atoms with E-state index in [0.717, 1.165) is 63.5 Å². The van der Waals surface area contributed by atoms with E-state index in [1.165, 1.54) is 0 Å². The molecular formula is C22H30O6. The molecule has 0 aromatic rings. The molecule has 0 N–H and O–H groups in total. The summed E-state index contributed by atoms with van der Waals surface area (Å²) in [5.74, 6) is 6.82. The Hall–Kier alpha value is -2.10. The molecule has 2 fully saturated rings. The van der Waals surface area contributed by atoms with Crippen molar-refractivity contribution >= 4 is 11.9 Å². The molecule has 0 bridgehead atoms. The standard InChI is InChI=1S/C22H30O6/c1-3-21(23)27-15-25-19-11-7-17(8-12-19)5-6-18-9-13-20(14-10-18)26-16-28-22(24)4-2/h3-4,17-20H,1-2,7-16H2. The molecule has 0 heterocycles. The lowest BCUT2D eigenvalue weighted by molar-refractivity contribution is -0.157. The van der Waals surface area contributed by atoms with Crippen molar-refractivity contribution in [1.82, 2.24) is 0 Å². The van der Waals surface area contributed by atoms with E-state index in [2.05, 4.69) is 25.0 Å². The van der Waals surface area contributed by atoms with Crippen molar-refractivity contribution in [2.24, 2.45) is 11.8 Å². The minimum absolute atomic E-state index is 0.00995. The van der Waals surface area contributed by atoms with Crippen LogP contribution in [0.1, 0.15) is 51.4 Å². The van der Waals surface area contributed by atoms with Gasteiger partial charge in [0.05, 0.1) is 12.2 Å². The van der Waals surface area contributed by atoms with Gasteiger partial charge in [0.15, 0.2) is 13.6 Å². The van der Waals surface area contributed by atoms with Crippen LogP contribution < -0.4 is 0 Å². The number of esters is 2. The lowest BCUT2D eigenvalue weighted by Gasteiger charge is -2.27. The van der Waals surface area contributed by atoms with Gasteiger partial charge < -0.3 is 18.9 Å². The zero-order chi connectivity index (χ0) is 20.2. The van der Waals surface area contributed by atoms with E-state index in [1.807, 2.05) is 0 Å². The quantitative estimate of drug-likeness (QED) is 0.273. The Bertz CT molecular complexity index is 536. The van der Waals surface area contributed by atoms with Crippen LogP contribution in [0.15, 0.2) is 25.3 Å². The third-order valence-electron chi connectivity index (χ3n) is 5.18. The second-order valence-corrected chi connectivity index (χ2v) is 7.14. The second kappa shape index (κ2) is 12.4. The second-order valence-electron chi connectivity index (χ2n) is 7.14. The maximum absolute atomic E-state index is 11.0. The minimum Gasteiger partial charge on any atom is -0.435 e. The van der Waals surface area contributed by atoms with E-state index in [-0.39, 0.29) is 25.8 Å². The predicted octanol–water partition coefficient (Wildman–Crippen LogP) is 3.51. The van der Waals surface area contributed by atoms with Gasteiger partial charge in [-0.15, -0.1) is 0 Å². The molecule has 154 valence electrons. The Balaban J connectivity index is 1.58. The molecule has 0 aliphatic heterocycles. The van der Waals surface area contributed by atoms with Gasteiger partial charge in [0.1, 0.15) is 0 Å². The van der Waals surface area contributed by atoms with E-state index >= 15 is 0 Å². The van der Waals surface area contributed by atoms with Crippen LogP contribution in [0.25, 0.3) is 0 Å². The van der Waals surface area contributed by atoms with Crippen LogP contribution in [0.5, 0.6) is 0 Å². The van der Waals surface area contributed by atoms with E-state index < -0.39 is 11.9 Å². The number of hydrogen-bond acceptors (Lipinski definition) is 6. The zero-order valence-corrected chi connectivity index (χ0v) is 16.4. The molecule has 2 rings (SSSR count). The summed E-state index contributed by atoms with van der Waals surface area (Å²) in [5, 5.41) is 0. The first kappa shape index (κ1) is 22.2. The Morgan fingerprint density at radius 2 is 1.07 bits per heavy atom. The van der Waals surface area contributed by atoms with Gasteiger partial charge in [-0.05, 0) is 51.4 Å². The highest BCUT2D eigenvalue weighted by Gasteiger charge is 2.23. The Morgan fingerprint density at radius 1 is 0.714 bits per heavy atom. The van der Waals surface area contributed by atoms with Gasteiger partial charge in [-0.3, -0.25) is 0 Å². The van der Waals surface area contributed by atoms with Gasteiger partial charge in [0.2, 0.25) is 0 Å². The molecule has 6 nitrogen and oxygen atoms in total. The largest absolute Gasteiger partial charge is 0.435 e. The Labute approximate surface area is 167 Å². The minimum atomic E-state index is -0.461. The lowest BCUT2D eigenvalue weighted by Crippen LogP contribution is -2.24. The van der Waals surface area contributed by atoms with Crippen molar-refractivity contribution in [2.75, 3.05) is 13.6 Å². The van der Waals surface area contributed by atoms with Gasteiger partial charge >= 0.3 is 11.9 Å². The molecule has 0 saturated heterocycles. The fourth-order valence-electron chi connectivity index (χ4n) is 3.48. The molecule has 0 amide bonds. The molecule has 2 saturated carbocycles. The summed E-state index contributed by atoms with van der Waals surface area (Å²) in [6, 6.07) is 0. The summed E-state index contributed by atoms with van der Waals surface area (Å²) in [5.41, 5.74) is 0. The normalized spacial score (nSPS) is 27.0. The molecule has 0 aromatic heterocycles. The van der Waals surface area contributed by atoms with Gasteiger partial charge in [0.25, 0.3) is 0 Å². The SMILES string of the molecule is C=CC(=O)OCOC1CCC(C#CC2CCC(OCOC(=O)C=C)CC2)CC1. The van der Waals surface area contributed by atoms with Gasteiger partial charge in [-0.1, -0.05) is 25.0 Å². The van der Waals surface area contributed by atoms with Crippen LogP contribution in [-0.2, 0) is 28.5 Å². The Morgan fingerprint density at radius 3 is 1.39 bits per heavy atom. The first-order valence-corrected chi connectivity index (χ1v) is 9.93. The molecule has 28 heavy (non-hydrogen) atoms. The van der Waals surface area contributed by atoms with Crippen molar-refractivity contribution < 1.29 is 28.5 Å². The monoisotopic (exact) mass is 390 g/mol. The smallest absolute Gasteiger partial charge is 0.332 e. The highest BCUT2D eigenvalue weighted by atomic mass is 16.7.